The number of anilines is 1. The standard InChI is InChI=1S/C15H24N2O2S/c1-3-12-9-10-13(16)11-15(12)20(18,19)17(2)14-7-5-4-6-8-14/h9-11,14H,3-8,16H2,1-2H3. The van der Waals surface area contributed by atoms with Crippen LogP contribution in [0.25, 0.3) is 0 Å². The van der Waals surface area contributed by atoms with Gasteiger partial charge in [0.15, 0.2) is 0 Å². The van der Waals surface area contributed by atoms with Gasteiger partial charge in [0, 0.05) is 18.8 Å². The lowest BCUT2D eigenvalue weighted by Gasteiger charge is -2.31. The second kappa shape index (κ2) is 6.14. The summed E-state index contributed by atoms with van der Waals surface area (Å²) in [6.45, 7) is 1.96. The van der Waals surface area contributed by atoms with Crippen LogP contribution in [0.3, 0.4) is 0 Å². The van der Waals surface area contributed by atoms with E-state index in [1.54, 1.807) is 23.5 Å². The fourth-order valence-electron chi connectivity index (χ4n) is 2.90. The maximum absolute atomic E-state index is 12.8. The summed E-state index contributed by atoms with van der Waals surface area (Å²) >= 11 is 0. The van der Waals surface area contributed by atoms with Gasteiger partial charge in [0.25, 0.3) is 0 Å². The summed E-state index contributed by atoms with van der Waals surface area (Å²) in [7, 11) is -1.75. The monoisotopic (exact) mass is 296 g/mol. The SMILES string of the molecule is CCc1ccc(N)cc1S(=O)(=O)N(C)C1CCCCC1. The Hall–Kier alpha value is -1.07. The van der Waals surface area contributed by atoms with E-state index in [4.69, 9.17) is 5.73 Å². The van der Waals surface area contributed by atoms with Crippen molar-refractivity contribution in [2.75, 3.05) is 12.8 Å². The third-order valence-electron chi connectivity index (χ3n) is 4.22. The fourth-order valence-corrected chi connectivity index (χ4v) is 4.64. The normalized spacial score (nSPS) is 17.6. The van der Waals surface area contributed by atoms with E-state index in [0.29, 0.717) is 17.0 Å². The maximum Gasteiger partial charge on any atom is 0.243 e. The van der Waals surface area contributed by atoms with Crippen LogP contribution < -0.4 is 5.73 Å². The van der Waals surface area contributed by atoms with Crippen LogP contribution in [0.1, 0.15) is 44.6 Å². The van der Waals surface area contributed by atoms with Gasteiger partial charge < -0.3 is 5.73 Å². The summed E-state index contributed by atoms with van der Waals surface area (Å²) in [6.07, 6.45) is 6.04. The average molecular weight is 296 g/mol. The molecule has 1 aromatic rings. The minimum absolute atomic E-state index is 0.125. The first kappa shape index (κ1) is 15.3. The van der Waals surface area contributed by atoms with Crippen LogP contribution >= 0.6 is 0 Å². The molecule has 0 bridgehead atoms. The summed E-state index contributed by atoms with van der Waals surface area (Å²) in [5.41, 5.74) is 7.11. The van der Waals surface area contributed by atoms with Crippen LogP contribution in [0.2, 0.25) is 0 Å². The van der Waals surface area contributed by atoms with Gasteiger partial charge in [-0.25, -0.2) is 8.42 Å². The Morgan fingerprint density at radius 3 is 2.50 bits per heavy atom. The van der Waals surface area contributed by atoms with E-state index in [1.807, 2.05) is 13.0 Å². The molecule has 2 rings (SSSR count). The molecule has 4 nitrogen and oxygen atoms in total. The lowest BCUT2D eigenvalue weighted by Crippen LogP contribution is -2.38. The zero-order valence-electron chi connectivity index (χ0n) is 12.3. The van der Waals surface area contributed by atoms with Gasteiger partial charge in [-0.1, -0.05) is 32.3 Å². The van der Waals surface area contributed by atoms with Crippen molar-refractivity contribution in [3.8, 4) is 0 Å². The van der Waals surface area contributed by atoms with Crippen molar-refractivity contribution in [1.29, 1.82) is 0 Å². The topological polar surface area (TPSA) is 63.4 Å². The third-order valence-corrected chi connectivity index (χ3v) is 6.21. The van der Waals surface area contributed by atoms with E-state index < -0.39 is 10.0 Å². The van der Waals surface area contributed by atoms with Crippen LogP contribution in [0.15, 0.2) is 23.1 Å². The van der Waals surface area contributed by atoms with E-state index in [2.05, 4.69) is 0 Å². The molecule has 0 atom stereocenters. The van der Waals surface area contributed by atoms with Gasteiger partial charge >= 0.3 is 0 Å². The Kier molecular flexibility index (Phi) is 4.70. The Morgan fingerprint density at radius 2 is 1.90 bits per heavy atom. The number of nitrogen functional groups attached to an aromatic ring is 1. The van der Waals surface area contributed by atoms with E-state index in [-0.39, 0.29) is 6.04 Å². The lowest BCUT2D eigenvalue weighted by molar-refractivity contribution is 0.285. The van der Waals surface area contributed by atoms with E-state index in [0.717, 1.165) is 31.2 Å². The zero-order valence-corrected chi connectivity index (χ0v) is 13.1. The summed E-state index contributed by atoms with van der Waals surface area (Å²) in [5, 5.41) is 0. The van der Waals surface area contributed by atoms with Crippen molar-refractivity contribution in [3.05, 3.63) is 23.8 Å². The fraction of sp³-hybridized carbons (Fsp3) is 0.600. The number of hydrogen-bond donors (Lipinski definition) is 1. The Morgan fingerprint density at radius 1 is 1.25 bits per heavy atom. The third kappa shape index (κ3) is 2.99. The van der Waals surface area contributed by atoms with Crippen LogP contribution in [0, 0.1) is 0 Å². The molecule has 0 amide bonds. The number of aryl methyl sites for hydroxylation is 1. The Balaban J connectivity index is 2.36. The first-order chi connectivity index (χ1) is 9.46. The van der Waals surface area contributed by atoms with Crippen LogP contribution in [-0.4, -0.2) is 25.8 Å². The predicted molar refractivity (Wildman–Crippen MR) is 82.1 cm³/mol. The molecule has 1 aliphatic rings. The molecular weight excluding hydrogens is 272 g/mol. The Labute approximate surface area is 122 Å². The van der Waals surface area contributed by atoms with Crippen molar-refractivity contribution in [3.63, 3.8) is 0 Å². The second-order valence-electron chi connectivity index (χ2n) is 5.53. The summed E-state index contributed by atoms with van der Waals surface area (Å²) in [6, 6.07) is 5.29. The highest BCUT2D eigenvalue weighted by atomic mass is 32.2. The molecule has 0 heterocycles. The van der Waals surface area contributed by atoms with Gasteiger partial charge in [0.1, 0.15) is 0 Å². The van der Waals surface area contributed by atoms with Crippen molar-refractivity contribution in [2.45, 2.75) is 56.4 Å². The highest BCUT2D eigenvalue weighted by molar-refractivity contribution is 7.89. The van der Waals surface area contributed by atoms with Crippen molar-refractivity contribution < 1.29 is 8.42 Å². The van der Waals surface area contributed by atoms with Gasteiger partial charge in [-0.2, -0.15) is 4.31 Å². The van der Waals surface area contributed by atoms with Crippen molar-refractivity contribution in [1.82, 2.24) is 4.31 Å². The molecule has 112 valence electrons. The van der Waals surface area contributed by atoms with Crippen LogP contribution in [0.5, 0.6) is 0 Å². The first-order valence-corrected chi connectivity index (χ1v) is 8.77. The van der Waals surface area contributed by atoms with Gasteiger partial charge in [-0.3, -0.25) is 0 Å². The van der Waals surface area contributed by atoms with E-state index in [9.17, 15) is 8.42 Å². The van der Waals surface area contributed by atoms with Gasteiger partial charge in [-0.15, -0.1) is 0 Å². The van der Waals surface area contributed by atoms with Gasteiger partial charge in [-0.05, 0) is 37.0 Å². The molecule has 0 aromatic heterocycles. The summed E-state index contributed by atoms with van der Waals surface area (Å²) in [5.74, 6) is 0. The molecule has 0 unspecified atom stereocenters. The van der Waals surface area contributed by atoms with Crippen LogP contribution in [0.4, 0.5) is 5.69 Å². The number of hydrogen-bond acceptors (Lipinski definition) is 3. The minimum atomic E-state index is -3.45. The molecule has 0 aliphatic heterocycles. The lowest BCUT2D eigenvalue weighted by atomic mass is 9.96. The largest absolute Gasteiger partial charge is 0.399 e. The molecule has 1 aliphatic carbocycles. The van der Waals surface area contributed by atoms with Gasteiger partial charge in [0.05, 0.1) is 4.90 Å². The summed E-state index contributed by atoms with van der Waals surface area (Å²) < 4.78 is 27.2. The van der Waals surface area contributed by atoms with Crippen LogP contribution in [-0.2, 0) is 16.4 Å². The maximum atomic E-state index is 12.8. The molecule has 1 aromatic carbocycles. The predicted octanol–water partition coefficient (Wildman–Crippen LogP) is 2.78. The molecule has 0 spiro atoms. The zero-order chi connectivity index (χ0) is 14.8. The highest BCUT2D eigenvalue weighted by Crippen LogP contribution is 2.29. The molecule has 0 saturated heterocycles. The van der Waals surface area contributed by atoms with E-state index >= 15 is 0 Å². The number of rotatable bonds is 4. The molecule has 5 heteroatoms. The molecule has 2 N–H and O–H groups in total. The number of nitrogens with zero attached hydrogens (tertiary/aromatic N) is 1. The smallest absolute Gasteiger partial charge is 0.243 e. The number of nitrogens with two attached hydrogens (primary N) is 1. The number of sulfonamides is 1. The first-order valence-electron chi connectivity index (χ1n) is 7.33. The molecule has 0 radical (unpaired) electrons. The second-order valence-corrected chi connectivity index (χ2v) is 7.50. The molecule has 1 saturated carbocycles. The van der Waals surface area contributed by atoms with E-state index in [1.165, 1.54) is 6.42 Å². The van der Waals surface area contributed by atoms with Gasteiger partial charge in [0.2, 0.25) is 10.0 Å². The number of benzene rings is 1. The highest BCUT2D eigenvalue weighted by Gasteiger charge is 2.30. The minimum Gasteiger partial charge on any atom is -0.399 e. The molecular formula is C15H24N2O2S. The molecule has 1 fully saturated rings. The molecule has 20 heavy (non-hydrogen) atoms. The average Bonchev–Trinajstić information content (AvgIpc) is 2.47. The quantitative estimate of drug-likeness (QED) is 0.869. The summed E-state index contributed by atoms with van der Waals surface area (Å²) in [4.78, 5) is 0.369. The Bertz CT molecular complexity index is 563. The van der Waals surface area contributed by atoms with Crippen molar-refractivity contribution in [2.24, 2.45) is 0 Å². The van der Waals surface area contributed by atoms with Crippen molar-refractivity contribution >= 4 is 15.7 Å².